The average molecular weight is 250 g/mol. The van der Waals surface area contributed by atoms with E-state index in [0.29, 0.717) is 12.0 Å². The fraction of sp³-hybridized carbons (Fsp3) is 0.692. The third-order valence-corrected chi connectivity index (χ3v) is 3.17. The maximum absolute atomic E-state index is 5.53. The Hall–Kier alpha value is -1.36. The predicted octanol–water partition coefficient (Wildman–Crippen LogP) is 1.83. The standard InChI is InChI=1S/C13H22N4O/c1-4-11-9-18-7-6-17(11)12-8-10(3)15-13(16-12)14-5-2/h8,11H,4-7,9H2,1-3H3,(H,14,15,16). The van der Waals surface area contributed by atoms with Crippen LogP contribution < -0.4 is 10.2 Å². The molecule has 2 rings (SSSR count). The first-order chi connectivity index (χ1) is 8.74. The zero-order chi connectivity index (χ0) is 13.0. The molecule has 1 aromatic rings. The van der Waals surface area contributed by atoms with Gasteiger partial charge in [0.2, 0.25) is 5.95 Å². The molecule has 0 spiro atoms. The Morgan fingerprint density at radius 3 is 3.00 bits per heavy atom. The van der Waals surface area contributed by atoms with Crippen molar-refractivity contribution >= 4 is 11.8 Å². The summed E-state index contributed by atoms with van der Waals surface area (Å²) in [5, 5.41) is 3.18. The van der Waals surface area contributed by atoms with Crippen LogP contribution in [0, 0.1) is 6.92 Å². The summed E-state index contributed by atoms with van der Waals surface area (Å²) in [5.74, 6) is 1.72. The van der Waals surface area contributed by atoms with Crippen LogP contribution in [0.1, 0.15) is 26.0 Å². The molecular formula is C13H22N4O. The van der Waals surface area contributed by atoms with Crippen LogP contribution in [0.25, 0.3) is 0 Å². The van der Waals surface area contributed by atoms with Crippen LogP contribution in [-0.4, -0.2) is 42.3 Å². The fourth-order valence-electron chi connectivity index (χ4n) is 2.23. The molecule has 5 nitrogen and oxygen atoms in total. The minimum atomic E-state index is 0.419. The Morgan fingerprint density at radius 2 is 2.28 bits per heavy atom. The van der Waals surface area contributed by atoms with Gasteiger partial charge < -0.3 is 15.0 Å². The molecule has 0 saturated carbocycles. The number of hydrogen-bond acceptors (Lipinski definition) is 5. The van der Waals surface area contributed by atoms with E-state index >= 15 is 0 Å². The minimum absolute atomic E-state index is 0.419. The number of ether oxygens (including phenoxy) is 1. The van der Waals surface area contributed by atoms with Gasteiger partial charge in [-0.05, 0) is 20.3 Å². The normalized spacial score (nSPS) is 19.9. The van der Waals surface area contributed by atoms with E-state index in [0.717, 1.165) is 44.2 Å². The fourth-order valence-corrected chi connectivity index (χ4v) is 2.23. The smallest absolute Gasteiger partial charge is 0.224 e. The van der Waals surface area contributed by atoms with E-state index in [4.69, 9.17) is 4.74 Å². The molecule has 0 bridgehead atoms. The van der Waals surface area contributed by atoms with Crippen molar-refractivity contribution in [1.82, 2.24) is 9.97 Å². The molecule has 1 fully saturated rings. The lowest BCUT2D eigenvalue weighted by molar-refractivity contribution is 0.0925. The van der Waals surface area contributed by atoms with Gasteiger partial charge in [-0.2, -0.15) is 4.98 Å². The SMILES string of the molecule is CCNc1nc(C)cc(N2CCOCC2CC)n1. The highest BCUT2D eigenvalue weighted by Crippen LogP contribution is 2.21. The highest BCUT2D eigenvalue weighted by molar-refractivity contribution is 5.46. The van der Waals surface area contributed by atoms with Gasteiger partial charge in [0.05, 0.1) is 19.3 Å². The minimum Gasteiger partial charge on any atom is -0.377 e. The first kappa shape index (κ1) is 13.1. The molecular weight excluding hydrogens is 228 g/mol. The number of morpholine rings is 1. The summed E-state index contributed by atoms with van der Waals surface area (Å²) in [6, 6.07) is 2.47. The quantitative estimate of drug-likeness (QED) is 0.883. The number of nitrogens with zero attached hydrogens (tertiary/aromatic N) is 3. The van der Waals surface area contributed by atoms with Crippen molar-refractivity contribution in [2.45, 2.75) is 33.2 Å². The summed E-state index contributed by atoms with van der Waals surface area (Å²) in [6.45, 7) is 9.55. The molecule has 1 aromatic heterocycles. The van der Waals surface area contributed by atoms with Gasteiger partial charge in [0, 0.05) is 24.8 Å². The summed E-state index contributed by atoms with van der Waals surface area (Å²) >= 11 is 0. The van der Waals surface area contributed by atoms with Crippen molar-refractivity contribution in [3.05, 3.63) is 11.8 Å². The van der Waals surface area contributed by atoms with Crippen LogP contribution >= 0.6 is 0 Å². The van der Waals surface area contributed by atoms with Gasteiger partial charge in [0.25, 0.3) is 0 Å². The molecule has 1 aliphatic heterocycles. The van der Waals surface area contributed by atoms with Crippen LogP contribution in [0.15, 0.2) is 6.07 Å². The zero-order valence-corrected chi connectivity index (χ0v) is 11.4. The lowest BCUT2D eigenvalue weighted by atomic mass is 10.2. The summed E-state index contributed by atoms with van der Waals surface area (Å²) in [6.07, 6.45) is 1.07. The van der Waals surface area contributed by atoms with Crippen LogP contribution in [0.4, 0.5) is 11.8 Å². The lowest BCUT2D eigenvalue weighted by Crippen LogP contribution is -2.45. The highest BCUT2D eigenvalue weighted by atomic mass is 16.5. The molecule has 0 amide bonds. The molecule has 100 valence electrons. The van der Waals surface area contributed by atoms with E-state index in [-0.39, 0.29) is 0 Å². The van der Waals surface area contributed by atoms with Gasteiger partial charge in [-0.1, -0.05) is 6.92 Å². The summed E-state index contributed by atoms with van der Waals surface area (Å²) in [5.41, 5.74) is 0.997. The Kier molecular flexibility index (Phi) is 4.36. The second-order valence-electron chi connectivity index (χ2n) is 4.55. The first-order valence-electron chi connectivity index (χ1n) is 6.68. The second-order valence-corrected chi connectivity index (χ2v) is 4.55. The van der Waals surface area contributed by atoms with Gasteiger partial charge in [0.1, 0.15) is 5.82 Å². The zero-order valence-electron chi connectivity index (χ0n) is 11.4. The van der Waals surface area contributed by atoms with Crippen molar-refractivity contribution in [3.63, 3.8) is 0 Å². The van der Waals surface area contributed by atoms with Crippen LogP contribution in [0.2, 0.25) is 0 Å². The third kappa shape index (κ3) is 2.90. The first-order valence-corrected chi connectivity index (χ1v) is 6.68. The molecule has 0 aromatic carbocycles. The molecule has 1 saturated heterocycles. The largest absolute Gasteiger partial charge is 0.377 e. The predicted molar refractivity (Wildman–Crippen MR) is 73.2 cm³/mol. The van der Waals surface area contributed by atoms with E-state index in [2.05, 4.69) is 40.1 Å². The van der Waals surface area contributed by atoms with Crippen molar-refractivity contribution in [3.8, 4) is 0 Å². The van der Waals surface area contributed by atoms with Crippen molar-refractivity contribution in [2.75, 3.05) is 36.5 Å². The Morgan fingerprint density at radius 1 is 1.44 bits per heavy atom. The van der Waals surface area contributed by atoms with E-state index in [9.17, 15) is 0 Å². The maximum Gasteiger partial charge on any atom is 0.224 e. The average Bonchev–Trinajstić information content (AvgIpc) is 2.38. The number of nitrogens with one attached hydrogen (secondary N) is 1. The van der Waals surface area contributed by atoms with Crippen molar-refractivity contribution < 1.29 is 4.74 Å². The Balaban J connectivity index is 2.24. The topological polar surface area (TPSA) is 50.3 Å². The molecule has 1 atom stereocenters. The van der Waals surface area contributed by atoms with Gasteiger partial charge >= 0.3 is 0 Å². The van der Waals surface area contributed by atoms with Gasteiger partial charge in [-0.25, -0.2) is 4.98 Å². The molecule has 5 heteroatoms. The van der Waals surface area contributed by atoms with E-state index in [1.807, 2.05) is 6.92 Å². The molecule has 0 aliphatic carbocycles. The molecule has 1 unspecified atom stereocenters. The second kappa shape index (κ2) is 6.00. The Bertz CT molecular complexity index is 397. The van der Waals surface area contributed by atoms with E-state index in [1.54, 1.807) is 0 Å². The molecule has 1 aliphatic rings. The maximum atomic E-state index is 5.53. The molecule has 1 N–H and O–H groups in total. The van der Waals surface area contributed by atoms with Crippen LogP contribution in [-0.2, 0) is 4.74 Å². The number of anilines is 2. The third-order valence-electron chi connectivity index (χ3n) is 3.17. The van der Waals surface area contributed by atoms with Crippen molar-refractivity contribution in [1.29, 1.82) is 0 Å². The monoisotopic (exact) mass is 250 g/mol. The van der Waals surface area contributed by atoms with E-state index < -0.39 is 0 Å². The summed E-state index contributed by atoms with van der Waals surface area (Å²) < 4.78 is 5.53. The number of aromatic nitrogens is 2. The summed E-state index contributed by atoms with van der Waals surface area (Å²) in [7, 11) is 0. The Labute approximate surface area is 109 Å². The number of rotatable bonds is 4. The molecule has 0 radical (unpaired) electrons. The highest BCUT2D eigenvalue weighted by Gasteiger charge is 2.23. The summed E-state index contributed by atoms with van der Waals surface area (Å²) in [4.78, 5) is 11.3. The van der Waals surface area contributed by atoms with Crippen LogP contribution in [0.5, 0.6) is 0 Å². The number of aryl methyl sites for hydroxylation is 1. The van der Waals surface area contributed by atoms with Crippen LogP contribution in [0.3, 0.4) is 0 Å². The van der Waals surface area contributed by atoms with Crippen molar-refractivity contribution in [2.24, 2.45) is 0 Å². The van der Waals surface area contributed by atoms with E-state index in [1.165, 1.54) is 0 Å². The molecule has 18 heavy (non-hydrogen) atoms. The number of hydrogen-bond donors (Lipinski definition) is 1. The van der Waals surface area contributed by atoms with Gasteiger partial charge in [-0.3, -0.25) is 0 Å². The van der Waals surface area contributed by atoms with Gasteiger partial charge in [-0.15, -0.1) is 0 Å². The molecule has 2 heterocycles. The lowest BCUT2D eigenvalue weighted by Gasteiger charge is -2.36. The van der Waals surface area contributed by atoms with Gasteiger partial charge in [0.15, 0.2) is 0 Å².